The lowest BCUT2D eigenvalue weighted by atomic mass is 10.1. The zero-order valence-electron chi connectivity index (χ0n) is 16.6. The molecule has 31 heavy (non-hydrogen) atoms. The van der Waals surface area contributed by atoms with Gasteiger partial charge in [0.2, 0.25) is 5.91 Å². The number of amides is 2. The fourth-order valence-corrected chi connectivity index (χ4v) is 6.24. The van der Waals surface area contributed by atoms with Crippen LogP contribution >= 0.6 is 27.3 Å². The van der Waals surface area contributed by atoms with Gasteiger partial charge in [-0.15, -0.1) is 0 Å². The number of aryl methyl sites for hydroxylation is 1. The van der Waals surface area contributed by atoms with E-state index in [1.54, 1.807) is 35.2 Å². The topological polar surface area (TPSA) is 108 Å². The number of thiophene rings is 1. The van der Waals surface area contributed by atoms with Gasteiger partial charge in [0.25, 0.3) is 0 Å². The molecule has 2 amide bonds. The maximum atomic E-state index is 12.5. The van der Waals surface area contributed by atoms with Crippen molar-refractivity contribution >= 4 is 60.9 Å². The summed E-state index contributed by atoms with van der Waals surface area (Å²) in [5.74, 6) is -0.122. The first kappa shape index (κ1) is 22.1. The van der Waals surface area contributed by atoms with E-state index in [-0.39, 0.29) is 18.4 Å². The lowest BCUT2D eigenvalue weighted by molar-refractivity contribution is -0.117. The Morgan fingerprint density at radius 2 is 2.13 bits per heavy atom. The van der Waals surface area contributed by atoms with Crippen LogP contribution in [0.4, 0.5) is 16.2 Å². The molecule has 2 aromatic rings. The van der Waals surface area contributed by atoms with Crippen LogP contribution in [-0.2, 0) is 15.0 Å². The summed E-state index contributed by atoms with van der Waals surface area (Å²) in [7, 11) is -3.55. The summed E-state index contributed by atoms with van der Waals surface area (Å²) in [4.78, 5) is 26.3. The quantitative estimate of drug-likeness (QED) is 0.634. The van der Waals surface area contributed by atoms with Crippen LogP contribution in [0.15, 0.2) is 34.1 Å². The number of hydrogen-bond donors (Lipinski definition) is 2. The number of benzene rings is 1. The fraction of sp³-hybridized carbons (Fsp3) is 0.368. The number of anilines is 2. The van der Waals surface area contributed by atoms with Gasteiger partial charge >= 0.3 is 16.3 Å². The van der Waals surface area contributed by atoms with Gasteiger partial charge < -0.3 is 15.0 Å². The summed E-state index contributed by atoms with van der Waals surface area (Å²) < 4.78 is 34.6. The predicted octanol–water partition coefficient (Wildman–Crippen LogP) is 2.76. The first-order chi connectivity index (χ1) is 14.7. The van der Waals surface area contributed by atoms with E-state index < -0.39 is 16.3 Å². The molecule has 0 saturated carbocycles. The van der Waals surface area contributed by atoms with Crippen molar-refractivity contribution in [2.24, 2.45) is 0 Å². The molecule has 1 aromatic heterocycles. The molecule has 0 spiro atoms. The Kier molecular flexibility index (Phi) is 6.24. The number of carbonyl (C=O) groups is 2. The summed E-state index contributed by atoms with van der Waals surface area (Å²) in [5.41, 5.74) is 1.99. The summed E-state index contributed by atoms with van der Waals surface area (Å²) in [5, 5.41) is 3.18. The highest BCUT2D eigenvalue weighted by molar-refractivity contribution is 9.11. The largest absolute Gasteiger partial charge is 0.413 e. The molecule has 2 saturated heterocycles. The minimum absolute atomic E-state index is 0.122. The van der Waals surface area contributed by atoms with Crippen LogP contribution < -0.4 is 24.0 Å². The summed E-state index contributed by atoms with van der Waals surface area (Å²) in [6, 6.07) is 8.32. The van der Waals surface area contributed by atoms with E-state index in [1.165, 1.54) is 15.6 Å². The summed E-state index contributed by atoms with van der Waals surface area (Å²) >= 11 is 4.60. The molecule has 2 aliphatic heterocycles. The van der Waals surface area contributed by atoms with Crippen molar-refractivity contribution in [3.8, 4) is 5.06 Å². The standard InChI is InChI=1S/C19H21BrN4O5S2/c1-12-9-14(3-4-15(12)24-8-2-7-21-31(24,27)28)23-11-13(10-17(23)25)22-19(26)29-18-6-5-16(20)30-18/h3-6,9,13,21H,2,7-8,10-11H2,1H3,(H,22,26). The molecule has 166 valence electrons. The van der Waals surface area contributed by atoms with Crippen LogP contribution in [0, 0.1) is 6.92 Å². The number of halogens is 1. The molecule has 3 heterocycles. The van der Waals surface area contributed by atoms with E-state index in [0.29, 0.717) is 36.1 Å². The SMILES string of the molecule is Cc1cc(N2CC(NC(=O)Oc3ccc(Br)s3)CC2=O)ccc1N1CCCNS1(=O)=O. The van der Waals surface area contributed by atoms with E-state index in [1.807, 2.05) is 6.92 Å². The Morgan fingerprint density at radius 3 is 2.81 bits per heavy atom. The monoisotopic (exact) mass is 528 g/mol. The minimum atomic E-state index is -3.55. The Balaban J connectivity index is 1.43. The molecule has 12 heteroatoms. The molecule has 4 rings (SSSR count). The normalized spacial score (nSPS) is 20.7. The van der Waals surface area contributed by atoms with Gasteiger partial charge in [0.05, 0.1) is 15.5 Å². The summed E-state index contributed by atoms with van der Waals surface area (Å²) in [6.07, 6.45) is 0.272. The van der Waals surface area contributed by atoms with Gasteiger partial charge in [0.1, 0.15) is 0 Å². The van der Waals surface area contributed by atoms with Crippen molar-refractivity contribution in [1.82, 2.24) is 10.0 Å². The molecule has 1 atom stereocenters. The third-order valence-corrected chi connectivity index (χ3v) is 8.09. The highest BCUT2D eigenvalue weighted by atomic mass is 79.9. The van der Waals surface area contributed by atoms with Gasteiger partial charge in [-0.2, -0.15) is 13.1 Å². The molecule has 0 aliphatic carbocycles. The van der Waals surface area contributed by atoms with Gasteiger partial charge in [-0.3, -0.25) is 9.10 Å². The second-order valence-electron chi connectivity index (χ2n) is 7.29. The average molecular weight is 529 g/mol. The number of rotatable bonds is 4. The third kappa shape index (κ3) is 4.86. The lowest BCUT2D eigenvalue weighted by Gasteiger charge is -2.30. The molecule has 2 N–H and O–H groups in total. The van der Waals surface area contributed by atoms with E-state index in [0.717, 1.165) is 15.8 Å². The van der Waals surface area contributed by atoms with Crippen molar-refractivity contribution in [1.29, 1.82) is 0 Å². The predicted molar refractivity (Wildman–Crippen MR) is 122 cm³/mol. The smallest absolute Gasteiger partial charge is 0.399 e. The van der Waals surface area contributed by atoms with Gasteiger partial charge in [0, 0.05) is 31.7 Å². The first-order valence-corrected chi connectivity index (χ1v) is 12.7. The van der Waals surface area contributed by atoms with E-state index in [9.17, 15) is 18.0 Å². The molecule has 0 radical (unpaired) electrons. The van der Waals surface area contributed by atoms with Gasteiger partial charge in [0.15, 0.2) is 5.06 Å². The highest BCUT2D eigenvalue weighted by Crippen LogP contribution is 2.31. The van der Waals surface area contributed by atoms with Crippen LogP contribution in [0.2, 0.25) is 0 Å². The van der Waals surface area contributed by atoms with Crippen LogP contribution in [-0.4, -0.2) is 46.1 Å². The Hall–Kier alpha value is -2.15. The van der Waals surface area contributed by atoms with Crippen molar-refractivity contribution < 1.29 is 22.7 Å². The van der Waals surface area contributed by atoms with Crippen molar-refractivity contribution in [3.63, 3.8) is 0 Å². The first-order valence-electron chi connectivity index (χ1n) is 9.65. The molecule has 2 fully saturated rings. The zero-order chi connectivity index (χ0) is 22.2. The van der Waals surface area contributed by atoms with Crippen molar-refractivity contribution in [2.45, 2.75) is 25.8 Å². The third-order valence-electron chi connectivity index (χ3n) is 5.06. The molecule has 9 nitrogen and oxygen atoms in total. The number of carbonyl (C=O) groups excluding carboxylic acids is 2. The van der Waals surface area contributed by atoms with E-state index in [2.05, 4.69) is 26.0 Å². The maximum absolute atomic E-state index is 12.5. The van der Waals surface area contributed by atoms with Crippen LogP contribution in [0.5, 0.6) is 5.06 Å². The van der Waals surface area contributed by atoms with E-state index in [4.69, 9.17) is 4.74 Å². The summed E-state index contributed by atoms with van der Waals surface area (Å²) in [6.45, 7) is 2.96. The molecular weight excluding hydrogens is 508 g/mol. The maximum Gasteiger partial charge on any atom is 0.413 e. The fourth-order valence-electron chi connectivity index (χ4n) is 3.65. The van der Waals surface area contributed by atoms with Gasteiger partial charge in [-0.25, -0.2) is 4.79 Å². The number of ether oxygens (including phenoxy) is 1. The van der Waals surface area contributed by atoms with Crippen molar-refractivity contribution in [3.05, 3.63) is 39.7 Å². The molecule has 1 unspecified atom stereocenters. The highest BCUT2D eigenvalue weighted by Gasteiger charge is 2.33. The second kappa shape index (κ2) is 8.77. The van der Waals surface area contributed by atoms with E-state index >= 15 is 0 Å². The van der Waals surface area contributed by atoms with Crippen molar-refractivity contribution in [2.75, 3.05) is 28.8 Å². The minimum Gasteiger partial charge on any atom is -0.399 e. The Labute approximate surface area is 192 Å². The second-order valence-corrected chi connectivity index (χ2v) is 11.4. The average Bonchev–Trinajstić information content (AvgIpc) is 3.26. The van der Waals surface area contributed by atoms with Gasteiger partial charge in [-0.05, 0) is 65.2 Å². The molecule has 0 bridgehead atoms. The lowest BCUT2D eigenvalue weighted by Crippen LogP contribution is -2.47. The van der Waals surface area contributed by atoms with Crippen LogP contribution in [0.1, 0.15) is 18.4 Å². The molecular formula is C19H21BrN4O5S2. The Bertz CT molecular complexity index is 1120. The van der Waals surface area contributed by atoms with Gasteiger partial charge in [-0.1, -0.05) is 11.3 Å². The van der Waals surface area contributed by atoms with Crippen LogP contribution in [0.3, 0.4) is 0 Å². The van der Waals surface area contributed by atoms with Crippen LogP contribution in [0.25, 0.3) is 0 Å². The molecule has 2 aliphatic rings. The number of nitrogens with one attached hydrogen (secondary N) is 2. The zero-order valence-corrected chi connectivity index (χ0v) is 19.8. The Morgan fingerprint density at radius 1 is 1.32 bits per heavy atom. The molecule has 1 aromatic carbocycles. The number of nitrogens with zero attached hydrogens (tertiary/aromatic N) is 2. The number of hydrogen-bond acceptors (Lipinski definition) is 6.